The summed E-state index contributed by atoms with van der Waals surface area (Å²) in [6, 6.07) is 2.52. The minimum Gasteiger partial charge on any atom is -0.317 e. The topological polar surface area (TPSA) is 107 Å². The van der Waals surface area contributed by atoms with Crippen molar-refractivity contribution in [1.29, 1.82) is 0 Å². The number of nitrogens with zero attached hydrogens (tertiary/aromatic N) is 2. The zero-order chi connectivity index (χ0) is 15.0. The number of hydrogen-bond acceptors (Lipinski definition) is 5. The maximum atomic E-state index is 12.0. The van der Waals surface area contributed by atoms with Gasteiger partial charge in [0.2, 0.25) is 0 Å². The van der Waals surface area contributed by atoms with Crippen LogP contribution in [-0.4, -0.2) is 49.6 Å². The Morgan fingerprint density at radius 3 is 2.70 bits per heavy atom. The summed E-state index contributed by atoms with van der Waals surface area (Å²) in [5.74, 6) is 0.0838. The fourth-order valence-electron chi connectivity index (χ4n) is 1.46. The third kappa shape index (κ3) is 5.68. The van der Waals surface area contributed by atoms with E-state index in [0.717, 1.165) is 25.9 Å². The monoisotopic (exact) mass is 303 g/mol. The molecule has 1 aromatic rings. The highest BCUT2D eigenvalue weighted by atomic mass is 32.2. The van der Waals surface area contributed by atoms with Gasteiger partial charge in [-0.1, -0.05) is 6.92 Å². The fourth-order valence-corrected chi connectivity index (χ4v) is 2.36. The normalized spacial score (nSPS) is 11.8. The third-order valence-corrected chi connectivity index (χ3v) is 4.05. The maximum Gasteiger partial charge on any atom is 0.302 e. The highest BCUT2D eigenvalue weighted by molar-refractivity contribution is 7.90. The van der Waals surface area contributed by atoms with E-state index in [0.29, 0.717) is 6.54 Å². The second-order valence-corrected chi connectivity index (χ2v) is 6.12. The van der Waals surface area contributed by atoms with E-state index in [-0.39, 0.29) is 11.4 Å². The molecule has 0 amide bonds. The Bertz CT molecular complexity index is 537. The summed E-state index contributed by atoms with van der Waals surface area (Å²) in [5, 5.41) is 8.97. The summed E-state index contributed by atoms with van der Waals surface area (Å²) < 4.78 is 27.4. The first-order valence-electron chi connectivity index (χ1n) is 6.46. The van der Waals surface area contributed by atoms with Gasteiger partial charge in [-0.05, 0) is 32.0 Å². The smallest absolute Gasteiger partial charge is 0.302 e. The number of rotatable bonds is 9. The van der Waals surface area contributed by atoms with Gasteiger partial charge in [0, 0.05) is 19.7 Å². The Morgan fingerprint density at radius 1 is 1.35 bits per heavy atom. The second-order valence-electron chi connectivity index (χ2n) is 4.34. The van der Waals surface area contributed by atoms with Gasteiger partial charge in [0.1, 0.15) is 0 Å². The Balaban J connectivity index is 2.46. The first-order chi connectivity index (χ1) is 9.45. The molecule has 0 unspecified atom stereocenters. The van der Waals surface area contributed by atoms with Gasteiger partial charge in [0.15, 0.2) is 5.82 Å². The van der Waals surface area contributed by atoms with Gasteiger partial charge in [0.05, 0.1) is 0 Å². The molecule has 0 radical (unpaired) electrons. The number of H-pyrrole nitrogens is 1. The summed E-state index contributed by atoms with van der Waals surface area (Å²) >= 11 is 0. The van der Waals surface area contributed by atoms with Crippen LogP contribution in [0.3, 0.4) is 0 Å². The van der Waals surface area contributed by atoms with E-state index >= 15 is 0 Å². The molecule has 3 N–H and O–H groups in total. The standard InChI is InChI=1S/C11H21N5O3S/c1-3-7-12-8-4-9-16(2)20(18,19)15-10-5-6-11(17)14-13-10/h5-6,12H,3-4,7-9H2,1-2H3,(H,13,15)(H,14,17). The van der Waals surface area contributed by atoms with Gasteiger partial charge in [-0.3, -0.25) is 9.52 Å². The van der Waals surface area contributed by atoms with Gasteiger partial charge in [-0.25, -0.2) is 5.10 Å². The van der Waals surface area contributed by atoms with E-state index in [1.165, 1.54) is 23.5 Å². The summed E-state index contributed by atoms with van der Waals surface area (Å²) in [5.41, 5.74) is -0.386. The molecular weight excluding hydrogens is 282 g/mol. The Kier molecular flexibility index (Phi) is 6.62. The van der Waals surface area contributed by atoms with Crippen molar-refractivity contribution >= 4 is 16.0 Å². The molecule has 0 saturated heterocycles. The summed E-state index contributed by atoms with van der Waals surface area (Å²) in [6.07, 6.45) is 1.77. The SMILES string of the molecule is CCCNCCCN(C)S(=O)(=O)Nc1ccc(=O)[nH]n1. The van der Waals surface area contributed by atoms with Crippen molar-refractivity contribution in [2.45, 2.75) is 19.8 Å². The molecule has 0 aliphatic carbocycles. The number of aromatic amines is 1. The largest absolute Gasteiger partial charge is 0.317 e. The molecule has 0 fully saturated rings. The highest BCUT2D eigenvalue weighted by Crippen LogP contribution is 2.04. The highest BCUT2D eigenvalue weighted by Gasteiger charge is 2.17. The molecular formula is C11H21N5O3S. The van der Waals surface area contributed by atoms with Crippen molar-refractivity contribution in [2.24, 2.45) is 0 Å². The predicted octanol–water partition coefficient (Wildman–Crippen LogP) is -0.252. The van der Waals surface area contributed by atoms with Crippen molar-refractivity contribution < 1.29 is 8.42 Å². The molecule has 0 saturated carbocycles. The van der Waals surface area contributed by atoms with Crippen LogP contribution in [-0.2, 0) is 10.2 Å². The Morgan fingerprint density at radius 2 is 2.10 bits per heavy atom. The maximum absolute atomic E-state index is 12.0. The lowest BCUT2D eigenvalue weighted by Crippen LogP contribution is -2.35. The van der Waals surface area contributed by atoms with E-state index in [4.69, 9.17) is 0 Å². The molecule has 1 rings (SSSR count). The lowest BCUT2D eigenvalue weighted by atomic mass is 10.4. The van der Waals surface area contributed by atoms with E-state index < -0.39 is 10.2 Å². The van der Waals surface area contributed by atoms with Crippen LogP contribution in [0, 0.1) is 0 Å². The number of hydrogen-bond donors (Lipinski definition) is 3. The molecule has 8 nitrogen and oxygen atoms in total. The van der Waals surface area contributed by atoms with Crippen molar-refractivity contribution in [2.75, 3.05) is 31.4 Å². The van der Waals surface area contributed by atoms with Crippen LogP contribution in [0.1, 0.15) is 19.8 Å². The minimum atomic E-state index is -3.65. The predicted molar refractivity (Wildman–Crippen MR) is 77.8 cm³/mol. The van der Waals surface area contributed by atoms with Crippen molar-refractivity contribution in [3.05, 3.63) is 22.5 Å². The van der Waals surface area contributed by atoms with Crippen molar-refractivity contribution in [1.82, 2.24) is 19.8 Å². The Labute approximate surface area is 118 Å². The number of anilines is 1. The lowest BCUT2D eigenvalue weighted by molar-refractivity contribution is 0.458. The molecule has 0 aliphatic heterocycles. The Hall–Kier alpha value is -1.45. The third-order valence-electron chi connectivity index (χ3n) is 2.58. The quantitative estimate of drug-likeness (QED) is 0.545. The molecule has 0 atom stereocenters. The van der Waals surface area contributed by atoms with Crippen LogP contribution >= 0.6 is 0 Å². The van der Waals surface area contributed by atoms with E-state index in [9.17, 15) is 13.2 Å². The summed E-state index contributed by atoms with van der Waals surface area (Å²) in [4.78, 5) is 10.8. The number of nitrogens with one attached hydrogen (secondary N) is 3. The molecule has 9 heteroatoms. The van der Waals surface area contributed by atoms with Crippen LogP contribution in [0.15, 0.2) is 16.9 Å². The van der Waals surface area contributed by atoms with Gasteiger partial charge < -0.3 is 5.32 Å². The molecule has 1 heterocycles. The average molecular weight is 303 g/mol. The summed E-state index contributed by atoms with van der Waals surface area (Å²) in [7, 11) is -2.15. The summed E-state index contributed by atoms with van der Waals surface area (Å²) in [6.45, 7) is 4.17. The zero-order valence-electron chi connectivity index (χ0n) is 11.7. The van der Waals surface area contributed by atoms with Gasteiger partial charge >= 0.3 is 10.2 Å². The second kappa shape index (κ2) is 7.98. The van der Waals surface area contributed by atoms with Crippen LogP contribution in [0.5, 0.6) is 0 Å². The minimum absolute atomic E-state index is 0.0838. The van der Waals surface area contributed by atoms with Gasteiger partial charge in [-0.15, -0.1) is 0 Å². The molecule has 1 aromatic heterocycles. The van der Waals surface area contributed by atoms with E-state index in [1.54, 1.807) is 0 Å². The molecule has 0 spiro atoms. The first kappa shape index (κ1) is 16.6. The zero-order valence-corrected chi connectivity index (χ0v) is 12.5. The number of aromatic nitrogens is 2. The van der Waals surface area contributed by atoms with E-state index in [1.807, 2.05) is 0 Å². The molecule has 0 aromatic carbocycles. The van der Waals surface area contributed by atoms with Crippen molar-refractivity contribution in [3.63, 3.8) is 0 Å². The van der Waals surface area contributed by atoms with Gasteiger partial charge in [-0.2, -0.15) is 17.8 Å². The van der Waals surface area contributed by atoms with Crippen LogP contribution < -0.4 is 15.6 Å². The molecule has 20 heavy (non-hydrogen) atoms. The average Bonchev–Trinajstić information content (AvgIpc) is 2.40. The fraction of sp³-hybridized carbons (Fsp3) is 0.636. The van der Waals surface area contributed by atoms with Crippen LogP contribution in [0.2, 0.25) is 0 Å². The first-order valence-corrected chi connectivity index (χ1v) is 7.90. The molecule has 0 bridgehead atoms. The molecule has 114 valence electrons. The van der Waals surface area contributed by atoms with Gasteiger partial charge in [0.25, 0.3) is 5.56 Å². The van der Waals surface area contributed by atoms with Crippen molar-refractivity contribution in [3.8, 4) is 0 Å². The van der Waals surface area contributed by atoms with Crippen LogP contribution in [0.4, 0.5) is 5.82 Å². The lowest BCUT2D eigenvalue weighted by Gasteiger charge is -2.17. The molecule has 0 aliphatic rings. The van der Waals surface area contributed by atoms with E-state index in [2.05, 4.69) is 27.2 Å². The van der Waals surface area contributed by atoms with Crippen LogP contribution in [0.25, 0.3) is 0 Å².